The van der Waals surface area contributed by atoms with Gasteiger partial charge in [-0.3, -0.25) is 4.57 Å². The molecule has 0 aliphatic heterocycles. The van der Waals surface area contributed by atoms with Gasteiger partial charge in [0.1, 0.15) is 17.0 Å². The summed E-state index contributed by atoms with van der Waals surface area (Å²) in [5.74, 6) is 0.581. The van der Waals surface area contributed by atoms with Gasteiger partial charge >= 0.3 is 0 Å². The highest BCUT2D eigenvalue weighted by atomic mass is 28.3. The molecule has 9 aromatic rings. The minimum atomic E-state index is -3.04. The Hall–Kier alpha value is -6.04. The van der Waals surface area contributed by atoms with Crippen molar-refractivity contribution in [3.63, 3.8) is 0 Å². The zero-order chi connectivity index (χ0) is 38.0. The van der Waals surface area contributed by atoms with Crippen LogP contribution in [0.3, 0.4) is 0 Å². The van der Waals surface area contributed by atoms with Gasteiger partial charge in [-0.1, -0.05) is 115 Å². The molecule has 6 aromatic carbocycles. The molecule has 0 unspecified atom stereocenters. The smallest absolute Gasteiger partial charge is 0.250 e. The Kier molecular flexibility index (Phi) is 6.79. The fourth-order valence-corrected chi connectivity index (χ4v) is 12.9. The van der Waals surface area contributed by atoms with E-state index in [2.05, 4.69) is 186 Å². The Bertz CT molecular complexity index is 2810. The maximum Gasteiger partial charge on any atom is 0.250 e. The second-order valence-corrected chi connectivity index (χ2v) is 18.3. The van der Waals surface area contributed by atoms with Crippen LogP contribution in [0, 0.1) is 6.85 Å². The van der Waals surface area contributed by atoms with E-state index in [9.17, 15) is 0 Å². The summed E-state index contributed by atoms with van der Waals surface area (Å²) in [5.41, 5.74) is 5.55. The Morgan fingerprint density at radius 3 is 1.94 bits per heavy atom. The molecule has 0 atom stereocenters. The van der Waals surface area contributed by atoms with E-state index in [0.29, 0.717) is 5.82 Å². The molecule has 4 nitrogen and oxygen atoms in total. The van der Waals surface area contributed by atoms with Crippen molar-refractivity contribution in [1.29, 1.82) is 0 Å². The van der Waals surface area contributed by atoms with Crippen molar-refractivity contribution in [2.45, 2.75) is 33.2 Å². The molecule has 0 aliphatic carbocycles. The number of para-hydroxylation sites is 3. The summed E-state index contributed by atoms with van der Waals surface area (Å²) in [6, 6.07) is 58.2. The summed E-state index contributed by atoms with van der Waals surface area (Å²) in [6.45, 7) is 4.47. The van der Waals surface area contributed by atoms with Crippen molar-refractivity contribution >= 4 is 61.7 Å². The highest BCUT2D eigenvalue weighted by Crippen LogP contribution is 2.32. The van der Waals surface area contributed by atoms with E-state index in [1.165, 1.54) is 26.3 Å². The van der Waals surface area contributed by atoms with Gasteiger partial charge in [-0.05, 0) is 102 Å². The number of nitrogens with zero attached hydrogens (tertiary/aromatic N) is 4. The van der Waals surface area contributed by atoms with Crippen LogP contribution in [0.1, 0.15) is 30.4 Å². The number of aromatic nitrogens is 4. The summed E-state index contributed by atoms with van der Waals surface area (Å²) >= 11 is 0. The molecule has 0 bridgehead atoms. The topological polar surface area (TPSA) is 26.6 Å². The molecule has 0 N–H and O–H groups in total. The largest absolute Gasteiger partial charge is 0.294 e. The molecule has 0 aliphatic rings. The first-order valence-corrected chi connectivity index (χ1v) is 19.8. The lowest BCUT2D eigenvalue weighted by molar-refractivity contribution is -0.731. The Morgan fingerprint density at radius 1 is 0.577 bits per heavy atom. The van der Waals surface area contributed by atoms with Gasteiger partial charge in [-0.2, -0.15) is 4.57 Å². The van der Waals surface area contributed by atoms with Gasteiger partial charge in [0.2, 0.25) is 6.33 Å². The first-order valence-electron chi connectivity index (χ1n) is 19.3. The van der Waals surface area contributed by atoms with E-state index in [0.717, 1.165) is 33.0 Å². The fraction of sp³-hybridized carbons (Fsp3) is 0.106. The molecule has 0 radical (unpaired) electrons. The first-order chi connectivity index (χ1) is 26.5. The standard InChI is InChI=1S/C47H41N4Si/c1-34-28-29-48-46(30-34)51-42-23-12-11-22-40(42)41-27-26-39(32-45(41)51)52(36-17-7-5-8-18-36,37-19-9-6-10-20-37)38-21-15-16-35(31-38)49-33-50(47(2,3)4)44-25-14-13-24-43(44)49/h5-33H,1-4H3/q+1/i1D3. The first kappa shape index (κ1) is 28.6. The number of hydrogen-bond donors (Lipinski definition) is 0. The molecule has 0 spiro atoms. The molecule has 52 heavy (non-hydrogen) atoms. The molecule has 252 valence electrons. The monoisotopic (exact) mass is 692 g/mol. The van der Waals surface area contributed by atoms with Gasteiger partial charge in [0.25, 0.3) is 0 Å². The number of fused-ring (bicyclic) bond motifs is 4. The van der Waals surface area contributed by atoms with Crippen molar-refractivity contribution in [3.8, 4) is 11.5 Å². The Labute approximate surface area is 310 Å². The third-order valence-electron chi connectivity index (χ3n) is 10.4. The molecule has 0 amide bonds. The zero-order valence-corrected chi connectivity index (χ0v) is 30.5. The van der Waals surface area contributed by atoms with Crippen LogP contribution in [0.15, 0.2) is 176 Å². The highest BCUT2D eigenvalue weighted by Gasteiger charge is 2.42. The van der Waals surface area contributed by atoms with Crippen LogP contribution in [-0.2, 0) is 5.54 Å². The van der Waals surface area contributed by atoms with Gasteiger partial charge in [0.15, 0.2) is 19.1 Å². The number of pyridine rings is 1. The summed E-state index contributed by atoms with van der Waals surface area (Å²) in [4.78, 5) is 4.77. The number of rotatable bonds is 6. The van der Waals surface area contributed by atoms with Gasteiger partial charge in [0.05, 0.1) is 11.0 Å². The van der Waals surface area contributed by atoms with Crippen LogP contribution in [0.5, 0.6) is 0 Å². The number of hydrogen-bond acceptors (Lipinski definition) is 1. The van der Waals surface area contributed by atoms with Crippen LogP contribution in [0.4, 0.5) is 0 Å². The average molecular weight is 693 g/mol. The van der Waals surface area contributed by atoms with Crippen LogP contribution >= 0.6 is 0 Å². The van der Waals surface area contributed by atoms with Gasteiger partial charge in [0, 0.05) is 21.1 Å². The maximum absolute atomic E-state index is 8.18. The molecule has 3 aromatic heterocycles. The second-order valence-electron chi connectivity index (χ2n) is 14.5. The van der Waals surface area contributed by atoms with Crippen LogP contribution in [0.25, 0.3) is 44.3 Å². The predicted molar refractivity (Wildman–Crippen MR) is 219 cm³/mol. The molecule has 0 saturated heterocycles. The molecular formula is C47H41N4Si+. The van der Waals surface area contributed by atoms with Crippen molar-refractivity contribution in [1.82, 2.24) is 14.1 Å². The SMILES string of the molecule is [2H]C([2H])([2H])c1ccnc(-n2c3ccccc3c3ccc([Si](c4ccccc4)(c4ccccc4)c4cccc(-n5c[n+](C(C)(C)C)c6ccccc65)c4)cc32)c1. The summed E-state index contributed by atoms with van der Waals surface area (Å²) in [5, 5.41) is 7.18. The second kappa shape index (κ2) is 12.3. The van der Waals surface area contributed by atoms with Gasteiger partial charge in [-0.25, -0.2) is 9.55 Å². The Balaban J connectivity index is 1.37. The minimum Gasteiger partial charge on any atom is -0.294 e. The molecule has 9 rings (SSSR count). The van der Waals surface area contributed by atoms with Gasteiger partial charge < -0.3 is 0 Å². The number of benzene rings is 6. The van der Waals surface area contributed by atoms with Crippen LogP contribution < -0.4 is 25.3 Å². The lowest BCUT2D eigenvalue weighted by Crippen LogP contribution is -2.74. The van der Waals surface area contributed by atoms with Gasteiger partial charge in [-0.15, -0.1) is 0 Å². The van der Waals surface area contributed by atoms with Crippen LogP contribution in [0.2, 0.25) is 0 Å². The molecule has 0 saturated carbocycles. The highest BCUT2D eigenvalue weighted by molar-refractivity contribution is 7.20. The van der Waals surface area contributed by atoms with E-state index in [1.807, 2.05) is 6.07 Å². The van der Waals surface area contributed by atoms with E-state index in [-0.39, 0.29) is 11.1 Å². The third-order valence-corrected chi connectivity index (χ3v) is 15.2. The van der Waals surface area contributed by atoms with Crippen LogP contribution in [-0.4, -0.2) is 22.2 Å². The molecule has 0 fully saturated rings. The fourth-order valence-electron chi connectivity index (χ4n) is 8.11. The average Bonchev–Trinajstić information content (AvgIpc) is 3.76. The molecular weight excluding hydrogens is 649 g/mol. The lowest BCUT2D eigenvalue weighted by Gasteiger charge is -2.34. The summed E-state index contributed by atoms with van der Waals surface area (Å²) in [6.07, 6.45) is 3.84. The molecule has 5 heteroatoms. The Morgan fingerprint density at radius 2 is 1.21 bits per heavy atom. The zero-order valence-electron chi connectivity index (χ0n) is 32.5. The minimum absolute atomic E-state index is 0.110. The van der Waals surface area contributed by atoms with E-state index in [4.69, 9.17) is 9.10 Å². The van der Waals surface area contributed by atoms with E-state index in [1.54, 1.807) is 18.3 Å². The third kappa shape index (κ3) is 5.03. The normalized spacial score (nSPS) is 13.3. The predicted octanol–water partition coefficient (Wildman–Crippen LogP) is 7.85. The summed E-state index contributed by atoms with van der Waals surface area (Å²) < 4.78 is 31.3. The van der Waals surface area contributed by atoms with E-state index >= 15 is 0 Å². The quantitative estimate of drug-likeness (QED) is 0.0991. The van der Waals surface area contributed by atoms with Crippen molar-refractivity contribution in [3.05, 3.63) is 182 Å². The van der Waals surface area contributed by atoms with Crippen molar-refractivity contribution in [2.75, 3.05) is 0 Å². The lowest BCUT2D eigenvalue weighted by atomic mass is 10.1. The molecule has 3 heterocycles. The van der Waals surface area contributed by atoms with Crippen molar-refractivity contribution in [2.24, 2.45) is 0 Å². The summed E-state index contributed by atoms with van der Waals surface area (Å²) in [7, 11) is -3.04. The number of aryl methyl sites for hydroxylation is 1. The maximum atomic E-state index is 8.18. The van der Waals surface area contributed by atoms with E-state index < -0.39 is 14.9 Å². The number of imidazole rings is 1. The van der Waals surface area contributed by atoms with Crippen molar-refractivity contribution < 1.29 is 8.68 Å².